The van der Waals surface area contributed by atoms with Crippen molar-refractivity contribution < 1.29 is 14.3 Å². The highest BCUT2D eigenvalue weighted by Crippen LogP contribution is 2.16. The summed E-state index contributed by atoms with van der Waals surface area (Å²) in [5.74, 6) is 0.191. The molecule has 2 aliphatic heterocycles. The van der Waals surface area contributed by atoms with Crippen LogP contribution in [0, 0.1) is 11.3 Å². The van der Waals surface area contributed by atoms with Crippen molar-refractivity contribution in [2.24, 2.45) is 0 Å². The van der Waals surface area contributed by atoms with Gasteiger partial charge in [0.05, 0.1) is 11.6 Å². The van der Waals surface area contributed by atoms with Crippen LogP contribution in [-0.2, 0) is 20.7 Å². The van der Waals surface area contributed by atoms with E-state index in [2.05, 4.69) is 6.07 Å². The van der Waals surface area contributed by atoms with Crippen LogP contribution < -0.4 is 0 Å². The number of benzene rings is 1. The van der Waals surface area contributed by atoms with Gasteiger partial charge in [0, 0.05) is 39.2 Å². The number of amides is 2. The van der Waals surface area contributed by atoms with Crippen molar-refractivity contribution in [3.63, 3.8) is 0 Å². The summed E-state index contributed by atoms with van der Waals surface area (Å²) in [6, 6.07) is 9.42. The number of nitrogens with zero attached hydrogens (tertiary/aromatic N) is 3. The van der Waals surface area contributed by atoms with Crippen molar-refractivity contribution in [1.82, 2.24) is 9.80 Å². The molecule has 0 bridgehead atoms. The van der Waals surface area contributed by atoms with E-state index in [1.54, 1.807) is 12.1 Å². The Hall–Kier alpha value is -2.39. The summed E-state index contributed by atoms with van der Waals surface area (Å²) in [6.07, 6.45) is 2.59. The second-order valence-electron chi connectivity index (χ2n) is 6.52. The first-order chi connectivity index (χ1) is 12.2. The van der Waals surface area contributed by atoms with E-state index in [0.717, 1.165) is 18.4 Å². The maximum atomic E-state index is 12.4. The van der Waals surface area contributed by atoms with Crippen LogP contribution in [0.4, 0.5) is 0 Å². The smallest absolute Gasteiger partial charge is 0.251 e. The van der Waals surface area contributed by atoms with Gasteiger partial charge in [-0.2, -0.15) is 5.26 Å². The number of hydrogen-bond donors (Lipinski definition) is 0. The molecule has 6 nitrogen and oxygen atoms in total. The van der Waals surface area contributed by atoms with Crippen molar-refractivity contribution in [1.29, 1.82) is 5.26 Å². The molecule has 1 atom stereocenters. The highest BCUT2D eigenvalue weighted by Gasteiger charge is 2.31. The first-order valence-electron chi connectivity index (χ1n) is 8.84. The molecule has 0 radical (unpaired) electrons. The van der Waals surface area contributed by atoms with E-state index in [0.29, 0.717) is 51.2 Å². The Morgan fingerprint density at radius 3 is 2.40 bits per heavy atom. The predicted octanol–water partition coefficient (Wildman–Crippen LogP) is 1.34. The zero-order valence-corrected chi connectivity index (χ0v) is 14.3. The monoisotopic (exact) mass is 341 g/mol. The van der Waals surface area contributed by atoms with Crippen molar-refractivity contribution >= 4 is 11.8 Å². The number of rotatable bonds is 4. The molecule has 2 aliphatic rings. The normalized spacial score (nSPS) is 20.4. The van der Waals surface area contributed by atoms with Gasteiger partial charge in [-0.3, -0.25) is 9.59 Å². The average molecular weight is 341 g/mol. The highest BCUT2D eigenvalue weighted by atomic mass is 16.5. The molecular weight excluding hydrogens is 318 g/mol. The summed E-state index contributed by atoms with van der Waals surface area (Å²) in [6.45, 7) is 3.02. The summed E-state index contributed by atoms with van der Waals surface area (Å²) < 4.78 is 5.45. The van der Waals surface area contributed by atoms with Gasteiger partial charge in [0.1, 0.15) is 6.10 Å². The second-order valence-corrected chi connectivity index (χ2v) is 6.52. The fourth-order valence-corrected chi connectivity index (χ4v) is 3.31. The summed E-state index contributed by atoms with van der Waals surface area (Å²) in [5.41, 5.74) is 1.68. The van der Waals surface area contributed by atoms with Gasteiger partial charge in [-0.1, -0.05) is 12.1 Å². The van der Waals surface area contributed by atoms with Crippen molar-refractivity contribution in [2.75, 3.05) is 32.8 Å². The minimum atomic E-state index is -0.279. The Balaban J connectivity index is 1.43. The Bertz CT molecular complexity index is 651. The highest BCUT2D eigenvalue weighted by molar-refractivity contribution is 5.82. The quantitative estimate of drug-likeness (QED) is 0.828. The van der Waals surface area contributed by atoms with Crippen LogP contribution in [0.25, 0.3) is 0 Å². The topological polar surface area (TPSA) is 73.6 Å². The molecule has 132 valence electrons. The number of nitriles is 1. The van der Waals surface area contributed by atoms with Gasteiger partial charge in [0.2, 0.25) is 5.91 Å². The predicted molar refractivity (Wildman–Crippen MR) is 91.6 cm³/mol. The number of carbonyl (C=O) groups excluding carboxylic acids is 2. The van der Waals surface area contributed by atoms with E-state index < -0.39 is 0 Å². The third-order valence-electron chi connectivity index (χ3n) is 4.86. The Morgan fingerprint density at radius 2 is 1.80 bits per heavy atom. The van der Waals surface area contributed by atoms with Crippen molar-refractivity contribution in [3.05, 3.63) is 35.4 Å². The SMILES string of the molecule is N#Cc1ccc(CCC(=O)N2CCN(C(=O)C3CCCO3)CC2)cc1. The standard InChI is InChI=1S/C19H23N3O3/c20-14-16-5-3-15(4-6-16)7-8-18(23)21-9-11-22(12-10-21)19(24)17-2-1-13-25-17/h3-6,17H,1-2,7-13H2. The molecule has 1 unspecified atom stereocenters. The molecule has 0 aromatic heterocycles. The molecular formula is C19H23N3O3. The largest absolute Gasteiger partial charge is 0.368 e. The Kier molecular flexibility index (Phi) is 5.67. The lowest BCUT2D eigenvalue weighted by molar-refractivity contribution is -0.146. The molecule has 0 aliphatic carbocycles. The molecule has 2 heterocycles. The first-order valence-corrected chi connectivity index (χ1v) is 8.84. The molecule has 0 saturated carbocycles. The van der Waals surface area contributed by atoms with Crippen LogP contribution in [0.15, 0.2) is 24.3 Å². The van der Waals surface area contributed by atoms with Crippen LogP contribution in [0.1, 0.15) is 30.4 Å². The van der Waals surface area contributed by atoms with E-state index in [1.807, 2.05) is 21.9 Å². The minimum Gasteiger partial charge on any atom is -0.368 e. The van der Waals surface area contributed by atoms with E-state index in [1.165, 1.54) is 0 Å². The molecule has 6 heteroatoms. The molecule has 2 fully saturated rings. The second kappa shape index (κ2) is 8.13. The fraction of sp³-hybridized carbons (Fsp3) is 0.526. The lowest BCUT2D eigenvalue weighted by Crippen LogP contribution is -2.52. The van der Waals surface area contributed by atoms with Crippen LogP contribution in [0.5, 0.6) is 0 Å². The van der Waals surface area contributed by atoms with Gasteiger partial charge < -0.3 is 14.5 Å². The molecule has 2 saturated heterocycles. The molecule has 0 N–H and O–H groups in total. The van der Waals surface area contributed by atoms with Gasteiger partial charge in [-0.15, -0.1) is 0 Å². The zero-order chi connectivity index (χ0) is 17.6. The van der Waals surface area contributed by atoms with Crippen molar-refractivity contribution in [2.45, 2.75) is 31.8 Å². The zero-order valence-electron chi connectivity index (χ0n) is 14.3. The number of piperazine rings is 1. The number of carbonyl (C=O) groups is 2. The average Bonchev–Trinajstić information content (AvgIpc) is 3.21. The Labute approximate surface area is 148 Å². The number of ether oxygens (including phenoxy) is 1. The summed E-state index contributed by atoms with van der Waals surface area (Å²) in [4.78, 5) is 28.3. The third kappa shape index (κ3) is 4.37. The fourth-order valence-electron chi connectivity index (χ4n) is 3.31. The van der Waals surface area contributed by atoms with Crippen LogP contribution >= 0.6 is 0 Å². The van der Waals surface area contributed by atoms with Crippen LogP contribution in [0.3, 0.4) is 0 Å². The number of aryl methyl sites for hydroxylation is 1. The van der Waals surface area contributed by atoms with E-state index in [4.69, 9.17) is 10.00 Å². The summed E-state index contributed by atoms with van der Waals surface area (Å²) >= 11 is 0. The number of hydrogen-bond acceptors (Lipinski definition) is 4. The van der Waals surface area contributed by atoms with Gasteiger partial charge in [-0.05, 0) is 37.0 Å². The van der Waals surface area contributed by atoms with Gasteiger partial charge in [0.25, 0.3) is 5.91 Å². The molecule has 3 rings (SSSR count). The minimum absolute atomic E-state index is 0.0715. The Morgan fingerprint density at radius 1 is 1.12 bits per heavy atom. The lowest BCUT2D eigenvalue weighted by atomic mass is 10.1. The molecule has 1 aromatic carbocycles. The van der Waals surface area contributed by atoms with Crippen molar-refractivity contribution in [3.8, 4) is 6.07 Å². The van der Waals surface area contributed by atoms with Crippen LogP contribution in [-0.4, -0.2) is 60.5 Å². The third-order valence-corrected chi connectivity index (χ3v) is 4.86. The van der Waals surface area contributed by atoms with E-state index >= 15 is 0 Å². The molecule has 1 aromatic rings. The lowest BCUT2D eigenvalue weighted by Gasteiger charge is -2.35. The van der Waals surface area contributed by atoms with Crippen LogP contribution in [0.2, 0.25) is 0 Å². The first kappa shape index (κ1) is 17.4. The summed E-state index contributed by atoms with van der Waals surface area (Å²) in [5, 5.41) is 8.80. The van der Waals surface area contributed by atoms with Gasteiger partial charge in [0.15, 0.2) is 0 Å². The van der Waals surface area contributed by atoms with E-state index in [9.17, 15) is 9.59 Å². The maximum Gasteiger partial charge on any atom is 0.251 e. The maximum absolute atomic E-state index is 12.4. The van der Waals surface area contributed by atoms with Gasteiger partial charge in [-0.25, -0.2) is 0 Å². The summed E-state index contributed by atoms with van der Waals surface area (Å²) in [7, 11) is 0. The molecule has 0 spiro atoms. The van der Waals surface area contributed by atoms with E-state index in [-0.39, 0.29) is 17.9 Å². The molecule has 25 heavy (non-hydrogen) atoms. The van der Waals surface area contributed by atoms with Gasteiger partial charge >= 0.3 is 0 Å². The molecule has 2 amide bonds.